The van der Waals surface area contributed by atoms with Gasteiger partial charge in [0.05, 0.1) is 13.7 Å². The van der Waals surface area contributed by atoms with Crippen LogP contribution in [-0.2, 0) is 16.1 Å². The third kappa shape index (κ3) is 7.59. The first-order valence-corrected chi connectivity index (χ1v) is 11.3. The summed E-state index contributed by atoms with van der Waals surface area (Å²) in [4.78, 5) is 27.6. The van der Waals surface area contributed by atoms with E-state index in [2.05, 4.69) is 5.32 Å². The lowest BCUT2D eigenvalue weighted by Crippen LogP contribution is -2.49. The highest BCUT2D eigenvalue weighted by Crippen LogP contribution is 2.18. The predicted octanol–water partition coefficient (Wildman–Crippen LogP) is 4.49. The van der Waals surface area contributed by atoms with Crippen molar-refractivity contribution in [2.24, 2.45) is 0 Å². The lowest BCUT2D eigenvalue weighted by atomic mass is 10.1. The largest absolute Gasteiger partial charge is 0.497 e. The monoisotopic (exact) mass is 440 g/mol. The molecule has 2 atom stereocenters. The minimum Gasteiger partial charge on any atom is -0.497 e. The Labute approximate surface area is 191 Å². The highest BCUT2D eigenvalue weighted by Gasteiger charge is 2.26. The molecule has 2 aromatic carbocycles. The van der Waals surface area contributed by atoms with Crippen LogP contribution in [0.3, 0.4) is 0 Å². The van der Waals surface area contributed by atoms with Gasteiger partial charge in [-0.05, 0) is 69.0 Å². The van der Waals surface area contributed by atoms with E-state index >= 15 is 0 Å². The van der Waals surface area contributed by atoms with Crippen molar-refractivity contribution in [3.05, 3.63) is 59.7 Å². The topological polar surface area (TPSA) is 67.9 Å². The first kappa shape index (κ1) is 25.2. The molecular formula is C26H36N2O4. The minimum absolute atomic E-state index is 0.0571. The van der Waals surface area contributed by atoms with Gasteiger partial charge in [0.2, 0.25) is 11.8 Å². The summed E-state index contributed by atoms with van der Waals surface area (Å²) >= 11 is 0. The summed E-state index contributed by atoms with van der Waals surface area (Å²) in [5.74, 6) is 1.31. The fourth-order valence-electron chi connectivity index (χ4n) is 3.25. The molecule has 6 heteroatoms. The zero-order chi connectivity index (χ0) is 23.5. The van der Waals surface area contributed by atoms with Crippen molar-refractivity contribution in [3.63, 3.8) is 0 Å². The van der Waals surface area contributed by atoms with Gasteiger partial charge in [0.15, 0.2) is 0 Å². The Morgan fingerprint density at radius 2 is 1.69 bits per heavy atom. The summed E-state index contributed by atoms with van der Waals surface area (Å²) in [6.45, 7) is 8.62. The number of amides is 2. The normalized spacial score (nSPS) is 12.5. The third-order valence-corrected chi connectivity index (χ3v) is 5.63. The summed E-state index contributed by atoms with van der Waals surface area (Å²) in [5.41, 5.74) is 2.14. The van der Waals surface area contributed by atoms with Crippen molar-refractivity contribution in [1.82, 2.24) is 10.2 Å². The first-order valence-electron chi connectivity index (χ1n) is 11.3. The molecule has 0 aromatic heterocycles. The molecule has 2 rings (SSSR count). The van der Waals surface area contributed by atoms with Gasteiger partial charge in [-0.3, -0.25) is 9.59 Å². The second-order valence-electron chi connectivity index (χ2n) is 8.07. The van der Waals surface area contributed by atoms with Gasteiger partial charge in [-0.15, -0.1) is 0 Å². The van der Waals surface area contributed by atoms with E-state index in [1.165, 1.54) is 0 Å². The molecule has 0 aliphatic carbocycles. The van der Waals surface area contributed by atoms with Crippen LogP contribution in [0.25, 0.3) is 0 Å². The van der Waals surface area contributed by atoms with Gasteiger partial charge in [0.1, 0.15) is 17.5 Å². The lowest BCUT2D eigenvalue weighted by molar-refractivity contribution is -0.141. The molecule has 0 heterocycles. The molecule has 32 heavy (non-hydrogen) atoms. The number of methoxy groups -OCH3 is 1. The Hall–Kier alpha value is -3.02. The van der Waals surface area contributed by atoms with Crippen LogP contribution in [0.5, 0.6) is 11.5 Å². The van der Waals surface area contributed by atoms with E-state index in [4.69, 9.17) is 9.47 Å². The van der Waals surface area contributed by atoms with Crippen molar-refractivity contribution >= 4 is 11.8 Å². The summed E-state index contributed by atoms with van der Waals surface area (Å²) in [6, 6.07) is 14.8. The number of hydrogen-bond acceptors (Lipinski definition) is 4. The van der Waals surface area contributed by atoms with Crippen LogP contribution in [0.1, 0.15) is 51.2 Å². The average Bonchev–Trinajstić information content (AvgIpc) is 2.80. The van der Waals surface area contributed by atoms with Crippen LogP contribution in [0, 0.1) is 6.92 Å². The highest BCUT2D eigenvalue weighted by molar-refractivity contribution is 5.87. The van der Waals surface area contributed by atoms with Gasteiger partial charge in [0, 0.05) is 19.0 Å². The predicted molar refractivity (Wildman–Crippen MR) is 127 cm³/mol. The molecule has 0 bridgehead atoms. The van der Waals surface area contributed by atoms with Gasteiger partial charge in [-0.25, -0.2) is 0 Å². The molecular weight excluding hydrogens is 404 g/mol. The van der Waals surface area contributed by atoms with E-state index in [0.717, 1.165) is 29.0 Å². The van der Waals surface area contributed by atoms with Crippen molar-refractivity contribution in [3.8, 4) is 11.5 Å². The van der Waals surface area contributed by atoms with Crippen LogP contribution in [-0.4, -0.2) is 42.5 Å². The standard InChI is InChI=1S/C26H36N2O4/c1-6-20(3)27-26(30)21(4)28(18-22-11-8-7-10-19(22)2)25(29)12-9-17-32-24-15-13-23(31-5)14-16-24/h7-8,10-11,13-16,20-21H,6,9,12,17-18H2,1-5H3,(H,27,30)/t20-,21-/m0/s1. The van der Waals surface area contributed by atoms with Gasteiger partial charge >= 0.3 is 0 Å². The number of nitrogens with zero attached hydrogens (tertiary/aromatic N) is 1. The second-order valence-corrected chi connectivity index (χ2v) is 8.07. The number of nitrogens with one attached hydrogen (secondary N) is 1. The summed E-state index contributed by atoms with van der Waals surface area (Å²) in [7, 11) is 1.62. The molecule has 0 aliphatic heterocycles. The van der Waals surface area contributed by atoms with Crippen LogP contribution in [0.4, 0.5) is 0 Å². The molecule has 0 saturated carbocycles. The molecule has 174 valence electrons. The van der Waals surface area contributed by atoms with Crippen LogP contribution in [0.2, 0.25) is 0 Å². The van der Waals surface area contributed by atoms with Crippen molar-refractivity contribution in [2.45, 2.75) is 65.6 Å². The first-order chi connectivity index (χ1) is 15.3. The third-order valence-electron chi connectivity index (χ3n) is 5.63. The number of carbonyl (C=O) groups is 2. The molecule has 6 nitrogen and oxygen atoms in total. The van der Waals surface area contributed by atoms with Crippen molar-refractivity contribution < 1.29 is 19.1 Å². The van der Waals surface area contributed by atoms with Crippen molar-refractivity contribution in [1.29, 1.82) is 0 Å². The Morgan fingerprint density at radius 3 is 2.31 bits per heavy atom. The SMILES string of the molecule is CC[C@H](C)NC(=O)[C@H](C)N(Cc1ccccc1C)C(=O)CCCOc1ccc(OC)cc1. The van der Waals surface area contributed by atoms with E-state index in [1.54, 1.807) is 18.9 Å². The number of hydrogen-bond donors (Lipinski definition) is 1. The Morgan fingerprint density at radius 1 is 1.03 bits per heavy atom. The van der Waals surface area contributed by atoms with Gasteiger partial charge in [-0.2, -0.15) is 0 Å². The zero-order valence-corrected chi connectivity index (χ0v) is 19.9. The summed E-state index contributed by atoms with van der Waals surface area (Å²) < 4.78 is 10.9. The lowest BCUT2D eigenvalue weighted by Gasteiger charge is -2.30. The number of rotatable bonds is 12. The van der Waals surface area contributed by atoms with Crippen LogP contribution in [0.15, 0.2) is 48.5 Å². The van der Waals surface area contributed by atoms with E-state index < -0.39 is 6.04 Å². The molecule has 1 N–H and O–H groups in total. The van der Waals surface area contributed by atoms with Crippen LogP contribution < -0.4 is 14.8 Å². The maximum Gasteiger partial charge on any atom is 0.242 e. The molecule has 0 saturated heterocycles. The fraction of sp³-hybridized carbons (Fsp3) is 0.462. The number of aryl methyl sites for hydroxylation is 1. The summed E-state index contributed by atoms with van der Waals surface area (Å²) in [6.07, 6.45) is 1.71. The molecule has 0 aliphatic rings. The number of ether oxygens (including phenoxy) is 2. The van der Waals surface area contributed by atoms with Gasteiger partial charge in [-0.1, -0.05) is 31.2 Å². The molecule has 2 aromatic rings. The van der Waals surface area contributed by atoms with E-state index in [9.17, 15) is 9.59 Å². The maximum atomic E-state index is 13.1. The second kappa shape index (κ2) is 12.7. The van der Waals surface area contributed by atoms with E-state index in [-0.39, 0.29) is 17.9 Å². The molecule has 0 radical (unpaired) electrons. The molecule has 0 fully saturated rings. The number of carbonyl (C=O) groups excluding carboxylic acids is 2. The molecule has 0 spiro atoms. The van der Waals surface area contributed by atoms with Crippen molar-refractivity contribution in [2.75, 3.05) is 13.7 Å². The maximum absolute atomic E-state index is 13.1. The van der Waals surface area contributed by atoms with E-state index in [0.29, 0.717) is 26.0 Å². The number of benzene rings is 2. The quantitative estimate of drug-likeness (QED) is 0.494. The average molecular weight is 441 g/mol. The summed E-state index contributed by atoms with van der Waals surface area (Å²) in [5, 5.41) is 3.00. The minimum atomic E-state index is -0.557. The van der Waals surface area contributed by atoms with Crippen LogP contribution >= 0.6 is 0 Å². The van der Waals surface area contributed by atoms with Gasteiger partial charge in [0.25, 0.3) is 0 Å². The van der Waals surface area contributed by atoms with Gasteiger partial charge < -0.3 is 19.7 Å². The highest BCUT2D eigenvalue weighted by atomic mass is 16.5. The molecule has 2 amide bonds. The Bertz CT molecular complexity index is 866. The fourth-order valence-corrected chi connectivity index (χ4v) is 3.25. The Balaban J connectivity index is 2.00. The smallest absolute Gasteiger partial charge is 0.242 e. The zero-order valence-electron chi connectivity index (χ0n) is 19.9. The molecule has 0 unspecified atom stereocenters. The Kier molecular flexibility index (Phi) is 10.1. The van der Waals surface area contributed by atoms with E-state index in [1.807, 2.05) is 69.3 Å².